The molecule has 0 aliphatic heterocycles. The smallest absolute Gasteiger partial charge is 0.319 e. The minimum atomic E-state index is -3.00. The zero-order chi connectivity index (χ0) is 20.2. The average Bonchev–Trinajstić information content (AvgIpc) is 2.66. The third-order valence-electron chi connectivity index (χ3n) is 5.02. The van der Waals surface area contributed by atoms with Gasteiger partial charge in [-0.2, -0.15) is 0 Å². The molecule has 0 aromatic carbocycles. The van der Waals surface area contributed by atoms with Crippen LogP contribution in [0.25, 0.3) is 0 Å². The van der Waals surface area contributed by atoms with Gasteiger partial charge in [0.25, 0.3) is 0 Å². The highest BCUT2D eigenvalue weighted by molar-refractivity contribution is 7.33. The Morgan fingerprint density at radius 2 is 1.07 bits per heavy atom. The fourth-order valence-electron chi connectivity index (χ4n) is 3.23. The summed E-state index contributed by atoms with van der Waals surface area (Å²) in [6.45, 7) is 2.44. The molecule has 27 heavy (non-hydrogen) atoms. The maximum atomic E-state index is 11.9. The lowest BCUT2D eigenvalue weighted by atomic mass is 9.85. The first-order chi connectivity index (χ1) is 12.9. The Hall–Kier alpha value is -0.0500. The molecule has 0 radical (unpaired) electrons. The van der Waals surface area contributed by atoms with E-state index in [1.54, 1.807) is 0 Å². The molecule has 1 aliphatic rings. The van der Waals surface area contributed by atoms with Crippen LogP contribution < -0.4 is 0 Å². The van der Waals surface area contributed by atoms with E-state index >= 15 is 0 Å². The molecule has 1 aliphatic carbocycles. The lowest BCUT2D eigenvalue weighted by Gasteiger charge is -2.41. The van der Waals surface area contributed by atoms with E-state index in [4.69, 9.17) is 9.05 Å². The van der Waals surface area contributed by atoms with Crippen LogP contribution in [-0.4, -0.2) is 68.8 Å². The molecule has 162 valence electrons. The Morgan fingerprint density at radius 3 is 1.56 bits per heavy atom. The van der Waals surface area contributed by atoms with Gasteiger partial charge in [0.1, 0.15) is 36.6 Å². The molecular formula is C18H37O8P. The third kappa shape index (κ3) is 8.88. The molecule has 0 aromatic heterocycles. The molecule has 0 saturated heterocycles. The predicted molar refractivity (Wildman–Crippen MR) is 102 cm³/mol. The molecule has 5 N–H and O–H groups in total. The second-order valence-corrected chi connectivity index (χ2v) is 8.34. The fourth-order valence-corrected chi connectivity index (χ4v) is 4.11. The molecule has 8 nitrogen and oxygen atoms in total. The van der Waals surface area contributed by atoms with E-state index in [0.717, 1.165) is 19.3 Å². The van der Waals surface area contributed by atoms with Crippen molar-refractivity contribution >= 4 is 8.25 Å². The molecule has 0 heterocycles. The van der Waals surface area contributed by atoms with E-state index < -0.39 is 44.9 Å². The minimum Gasteiger partial charge on any atom is -0.387 e. The Kier molecular flexibility index (Phi) is 13.0. The maximum absolute atomic E-state index is 11.9. The number of hydrogen-bond acceptors (Lipinski definition) is 8. The van der Waals surface area contributed by atoms with Crippen molar-refractivity contribution in [2.75, 3.05) is 6.61 Å². The predicted octanol–water partition coefficient (Wildman–Crippen LogP) is 1.52. The van der Waals surface area contributed by atoms with Gasteiger partial charge in [-0.15, -0.1) is 0 Å². The van der Waals surface area contributed by atoms with Crippen LogP contribution >= 0.6 is 8.25 Å². The summed E-state index contributed by atoms with van der Waals surface area (Å²) in [5, 5.41) is 48.3. The zero-order valence-electron chi connectivity index (χ0n) is 16.2. The lowest BCUT2D eigenvalue weighted by Crippen LogP contribution is -2.63. The number of aliphatic hydroxyl groups excluding tert-OH is 5. The SMILES string of the molecule is CCCCCCCCCCCCO[PH](=O)O[C@@H]1[C@@H](O)[C@H](O)[C@@H](O)[C@H](O)[C@@H]1O. The molecule has 0 amide bonds. The molecule has 1 fully saturated rings. The van der Waals surface area contributed by atoms with Crippen LogP contribution in [0, 0.1) is 0 Å². The van der Waals surface area contributed by atoms with Gasteiger partial charge in [-0.1, -0.05) is 64.7 Å². The van der Waals surface area contributed by atoms with Crippen LogP contribution in [0.2, 0.25) is 0 Å². The van der Waals surface area contributed by atoms with Gasteiger partial charge >= 0.3 is 8.25 Å². The maximum Gasteiger partial charge on any atom is 0.319 e. The van der Waals surface area contributed by atoms with Crippen molar-refractivity contribution < 1.29 is 39.1 Å². The second kappa shape index (κ2) is 14.0. The van der Waals surface area contributed by atoms with Crippen molar-refractivity contribution in [2.45, 2.75) is 108 Å². The summed E-state index contributed by atoms with van der Waals surface area (Å²) >= 11 is 0. The first-order valence-corrected chi connectivity index (χ1v) is 11.4. The van der Waals surface area contributed by atoms with E-state index in [2.05, 4.69) is 6.92 Å². The number of aliphatic hydroxyl groups is 5. The van der Waals surface area contributed by atoms with Crippen molar-refractivity contribution in [3.05, 3.63) is 0 Å². The first-order valence-electron chi connectivity index (χ1n) is 10.1. The highest BCUT2D eigenvalue weighted by Gasteiger charge is 2.49. The summed E-state index contributed by atoms with van der Waals surface area (Å²) in [5.41, 5.74) is 0. The Balaban J connectivity index is 2.10. The Morgan fingerprint density at radius 1 is 0.667 bits per heavy atom. The Bertz CT molecular complexity index is 395. The summed E-state index contributed by atoms with van der Waals surface area (Å²) in [4.78, 5) is 0. The number of unbranched alkanes of at least 4 members (excludes halogenated alkanes) is 9. The minimum absolute atomic E-state index is 0.237. The van der Waals surface area contributed by atoms with Gasteiger partial charge in [0, 0.05) is 0 Å². The van der Waals surface area contributed by atoms with E-state index in [1.807, 2.05) is 0 Å². The first kappa shape index (κ1) is 25.0. The molecule has 1 saturated carbocycles. The normalized spacial score (nSPS) is 32.5. The Labute approximate surface area is 162 Å². The molecule has 1 rings (SSSR count). The van der Waals surface area contributed by atoms with Crippen molar-refractivity contribution in [1.29, 1.82) is 0 Å². The van der Waals surface area contributed by atoms with Crippen molar-refractivity contribution in [1.82, 2.24) is 0 Å². The van der Waals surface area contributed by atoms with Gasteiger partial charge in [0.05, 0.1) is 6.61 Å². The fraction of sp³-hybridized carbons (Fsp3) is 1.00. The molecule has 0 spiro atoms. The number of rotatable bonds is 14. The van der Waals surface area contributed by atoms with Gasteiger partial charge < -0.3 is 34.6 Å². The van der Waals surface area contributed by atoms with Crippen LogP contribution in [0.3, 0.4) is 0 Å². The molecular weight excluding hydrogens is 375 g/mol. The average molecular weight is 412 g/mol. The van der Waals surface area contributed by atoms with Crippen LogP contribution in [0.4, 0.5) is 0 Å². The van der Waals surface area contributed by atoms with Gasteiger partial charge in [-0.3, -0.25) is 4.57 Å². The number of hydrogen-bond donors (Lipinski definition) is 5. The molecule has 7 atom stereocenters. The quantitative estimate of drug-likeness (QED) is 0.214. The highest BCUT2D eigenvalue weighted by atomic mass is 31.1. The molecule has 1 unspecified atom stereocenters. The lowest BCUT2D eigenvalue weighted by molar-refractivity contribution is -0.217. The van der Waals surface area contributed by atoms with E-state index in [0.29, 0.717) is 0 Å². The summed E-state index contributed by atoms with van der Waals surface area (Å²) in [6.07, 6.45) is 1.71. The van der Waals surface area contributed by atoms with Gasteiger partial charge in [0.2, 0.25) is 0 Å². The second-order valence-electron chi connectivity index (χ2n) is 7.32. The molecule has 0 aromatic rings. The zero-order valence-corrected chi connectivity index (χ0v) is 17.2. The summed E-state index contributed by atoms with van der Waals surface area (Å²) in [7, 11) is -3.00. The summed E-state index contributed by atoms with van der Waals surface area (Å²) in [6, 6.07) is 0. The van der Waals surface area contributed by atoms with E-state index in [1.165, 1.54) is 44.9 Å². The van der Waals surface area contributed by atoms with Crippen LogP contribution in [-0.2, 0) is 13.6 Å². The topological polar surface area (TPSA) is 137 Å². The summed E-state index contributed by atoms with van der Waals surface area (Å²) < 4.78 is 21.9. The van der Waals surface area contributed by atoms with Crippen molar-refractivity contribution in [3.8, 4) is 0 Å². The monoisotopic (exact) mass is 412 g/mol. The van der Waals surface area contributed by atoms with Gasteiger partial charge in [-0.25, -0.2) is 0 Å². The van der Waals surface area contributed by atoms with Crippen LogP contribution in [0.15, 0.2) is 0 Å². The third-order valence-corrected chi connectivity index (χ3v) is 5.93. The molecule has 9 heteroatoms. The van der Waals surface area contributed by atoms with E-state index in [-0.39, 0.29) is 6.61 Å². The van der Waals surface area contributed by atoms with Crippen molar-refractivity contribution in [2.24, 2.45) is 0 Å². The molecule has 0 bridgehead atoms. The van der Waals surface area contributed by atoms with Crippen LogP contribution in [0.5, 0.6) is 0 Å². The largest absolute Gasteiger partial charge is 0.387 e. The van der Waals surface area contributed by atoms with E-state index in [9.17, 15) is 30.1 Å². The van der Waals surface area contributed by atoms with Gasteiger partial charge in [0.15, 0.2) is 0 Å². The highest BCUT2D eigenvalue weighted by Crippen LogP contribution is 2.33. The van der Waals surface area contributed by atoms with Gasteiger partial charge in [-0.05, 0) is 6.42 Å². The summed E-state index contributed by atoms with van der Waals surface area (Å²) in [5.74, 6) is 0. The van der Waals surface area contributed by atoms with Crippen LogP contribution in [0.1, 0.15) is 71.1 Å². The standard InChI is InChI=1S/C18H37O8P/c1-2-3-4-5-6-7-8-9-10-11-12-25-27(24)26-18-16(22)14(20)13(19)15(21)17(18)23/h13-23,27H,2-12H2,1H3/t13-,14-,15+,16-,17-,18-/m0/s1. The van der Waals surface area contributed by atoms with Crippen molar-refractivity contribution in [3.63, 3.8) is 0 Å².